The van der Waals surface area contributed by atoms with Crippen LogP contribution in [0.15, 0.2) is 23.2 Å². The zero-order valence-electron chi connectivity index (χ0n) is 8.05. The molecule has 0 unspecified atom stereocenters. The number of carbonyl (C=O) groups is 1. The van der Waals surface area contributed by atoms with Crippen LogP contribution in [-0.2, 0) is 4.79 Å². The smallest absolute Gasteiger partial charge is 0.329 e. The van der Waals surface area contributed by atoms with E-state index in [4.69, 9.17) is 5.11 Å². The van der Waals surface area contributed by atoms with Crippen molar-refractivity contribution in [3.63, 3.8) is 0 Å². The van der Waals surface area contributed by atoms with Crippen molar-refractivity contribution in [2.24, 2.45) is 4.99 Å². The highest BCUT2D eigenvalue weighted by Gasteiger charge is 2.27. The van der Waals surface area contributed by atoms with Gasteiger partial charge in [-0.2, -0.15) is 0 Å². The summed E-state index contributed by atoms with van der Waals surface area (Å²) in [7, 11) is 0. The zero-order chi connectivity index (χ0) is 11.7. The summed E-state index contributed by atoms with van der Waals surface area (Å²) in [5.41, 5.74) is -0.0174. The monoisotopic (exact) mass is 241 g/mol. The third kappa shape index (κ3) is 1.88. The van der Waals surface area contributed by atoms with Crippen LogP contribution in [0.5, 0.6) is 5.75 Å². The van der Waals surface area contributed by atoms with Crippen molar-refractivity contribution in [1.29, 1.82) is 0 Å². The number of nitrogens with zero attached hydrogens (tertiary/aromatic N) is 1. The standard InChI is InChI=1S/C10H8FNO3S/c11-5-2-1-3-7(13)8(5)9-12-6(4-16-9)10(14)15/h1-3,6,13H,4H2,(H,14,15)/t6-/m0/s1. The van der Waals surface area contributed by atoms with Crippen molar-refractivity contribution in [3.8, 4) is 5.75 Å². The maximum Gasteiger partial charge on any atom is 0.329 e. The van der Waals surface area contributed by atoms with Crippen LogP contribution in [0.1, 0.15) is 5.56 Å². The van der Waals surface area contributed by atoms with Gasteiger partial charge in [0, 0.05) is 5.75 Å². The Hall–Kier alpha value is -1.56. The van der Waals surface area contributed by atoms with Crippen LogP contribution in [0.2, 0.25) is 0 Å². The minimum Gasteiger partial charge on any atom is -0.507 e. The molecule has 6 heteroatoms. The fraction of sp³-hybridized carbons (Fsp3) is 0.200. The third-order valence-electron chi connectivity index (χ3n) is 2.14. The van der Waals surface area contributed by atoms with Gasteiger partial charge in [-0.15, -0.1) is 11.8 Å². The van der Waals surface area contributed by atoms with E-state index in [2.05, 4.69) is 4.99 Å². The van der Waals surface area contributed by atoms with E-state index in [1.54, 1.807) is 0 Å². The number of aliphatic carboxylic acids is 1. The number of thioether (sulfide) groups is 1. The molecule has 1 atom stereocenters. The quantitative estimate of drug-likeness (QED) is 0.822. The lowest BCUT2D eigenvalue weighted by molar-refractivity contribution is -0.137. The average Bonchev–Trinajstić information content (AvgIpc) is 2.66. The molecular weight excluding hydrogens is 233 g/mol. The lowest BCUT2D eigenvalue weighted by Crippen LogP contribution is -2.17. The molecule has 1 aliphatic heterocycles. The van der Waals surface area contributed by atoms with E-state index in [0.717, 1.165) is 11.8 Å². The van der Waals surface area contributed by atoms with Gasteiger partial charge >= 0.3 is 5.97 Å². The van der Waals surface area contributed by atoms with E-state index in [-0.39, 0.29) is 22.1 Å². The number of phenols is 1. The minimum absolute atomic E-state index is 0.0174. The maximum absolute atomic E-state index is 13.4. The summed E-state index contributed by atoms with van der Waals surface area (Å²) in [6.45, 7) is 0. The van der Waals surface area contributed by atoms with Gasteiger partial charge < -0.3 is 10.2 Å². The first-order valence-corrected chi connectivity index (χ1v) is 5.49. The number of hydrogen-bond donors (Lipinski definition) is 2. The lowest BCUT2D eigenvalue weighted by atomic mass is 10.2. The van der Waals surface area contributed by atoms with Crippen LogP contribution in [0, 0.1) is 5.82 Å². The van der Waals surface area contributed by atoms with Crippen molar-refractivity contribution in [3.05, 3.63) is 29.6 Å². The van der Waals surface area contributed by atoms with E-state index in [1.165, 1.54) is 18.2 Å². The van der Waals surface area contributed by atoms with Gasteiger partial charge in [0.25, 0.3) is 0 Å². The number of carboxylic acids is 1. The second-order valence-electron chi connectivity index (χ2n) is 3.23. The highest BCUT2D eigenvalue weighted by atomic mass is 32.2. The first-order valence-electron chi connectivity index (χ1n) is 4.51. The van der Waals surface area contributed by atoms with Crippen LogP contribution in [0.25, 0.3) is 0 Å². The second kappa shape index (κ2) is 4.13. The van der Waals surface area contributed by atoms with Crippen molar-refractivity contribution >= 4 is 22.8 Å². The van der Waals surface area contributed by atoms with Gasteiger partial charge in [0.2, 0.25) is 0 Å². The van der Waals surface area contributed by atoms with Gasteiger partial charge in [0.1, 0.15) is 16.6 Å². The first kappa shape index (κ1) is 10.9. The van der Waals surface area contributed by atoms with Crippen molar-refractivity contribution in [2.45, 2.75) is 6.04 Å². The molecular formula is C10H8FNO3S. The van der Waals surface area contributed by atoms with Crippen molar-refractivity contribution < 1.29 is 19.4 Å². The first-order chi connectivity index (χ1) is 7.59. The largest absolute Gasteiger partial charge is 0.507 e. The van der Waals surface area contributed by atoms with Crippen LogP contribution >= 0.6 is 11.8 Å². The summed E-state index contributed by atoms with van der Waals surface area (Å²) in [6, 6.07) is 3.06. The topological polar surface area (TPSA) is 69.9 Å². The normalized spacial score (nSPS) is 19.6. The molecule has 2 rings (SSSR count). The van der Waals surface area contributed by atoms with Gasteiger partial charge in [-0.1, -0.05) is 6.07 Å². The Kier molecular flexibility index (Phi) is 2.82. The molecule has 0 amide bonds. The zero-order valence-corrected chi connectivity index (χ0v) is 8.87. The highest BCUT2D eigenvalue weighted by Crippen LogP contribution is 2.30. The number of carboxylic acid groups (broad SMARTS) is 1. The fourth-order valence-electron chi connectivity index (χ4n) is 1.36. The molecule has 0 fully saturated rings. The molecule has 0 spiro atoms. The predicted molar refractivity (Wildman–Crippen MR) is 58.5 cm³/mol. The summed E-state index contributed by atoms with van der Waals surface area (Å²) < 4.78 is 13.4. The lowest BCUT2D eigenvalue weighted by Gasteiger charge is -2.03. The van der Waals surface area contributed by atoms with Crippen LogP contribution < -0.4 is 0 Å². The molecule has 2 N–H and O–H groups in total. The molecule has 1 aromatic carbocycles. The number of hydrogen-bond acceptors (Lipinski definition) is 4. The van der Waals surface area contributed by atoms with Crippen LogP contribution in [0.3, 0.4) is 0 Å². The summed E-state index contributed by atoms with van der Waals surface area (Å²) in [5, 5.41) is 18.5. The molecule has 4 nitrogen and oxygen atoms in total. The highest BCUT2D eigenvalue weighted by molar-refractivity contribution is 8.14. The molecule has 1 aliphatic rings. The third-order valence-corrected chi connectivity index (χ3v) is 3.21. The summed E-state index contributed by atoms with van der Waals surface area (Å²) in [4.78, 5) is 14.5. The van der Waals surface area contributed by atoms with E-state index in [0.29, 0.717) is 0 Å². The van der Waals surface area contributed by atoms with Crippen LogP contribution in [-0.4, -0.2) is 33.0 Å². The Morgan fingerprint density at radius 1 is 1.56 bits per heavy atom. The number of aromatic hydroxyl groups is 1. The van der Waals surface area contributed by atoms with Gasteiger partial charge in [0.05, 0.1) is 5.56 Å². The van der Waals surface area contributed by atoms with E-state index in [1.807, 2.05) is 0 Å². The molecule has 0 aromatic heterocycles. The van der Waals surface area contributed by atoms with E-state index >= 15 is 0 Å². The predicted octanol–water partition coefficient (Wildman–Crippen LogP) is 1.48. The number of benzene rings is 1. The Morgan fingerprint density at radius 3 is 2.88 bits per heavy atom. The Labute approximate surface area is 94.8 Å². The van der Waals surface area contributed by atoms with Gasteiger partial charge in [-0.25, -0.2) is 9.18 Å². The van der Waals surface area contributed by atoms with Crippen LogP contribution in [0.4, 0.5) is 4.39 Å². The molecule has 0 radical (unpaired) electrons. The van der Waals surface area contributed by atoms with Gasteiger partial charge in [0.15, 0.2) is 6.04 Å². The van der Waals surface area contributed by atoms with Gasteiger partial charge in [-0.3, -0.25) is 4.99 Å². The summed E-state index contributed by atoms with van der Waals surface area (Å²) >= 11 is 1.13. The number of aliphatic imine (C=N–C) groups is 1. The minimum atomic E-state index is -1.04. The van der Waals surface area contributed by atoms with Gasteiger partial charge in [-0.05, 0) is 12.1 Å². The molecule has 0 aliphatic carbocycles. The molecule has 84 valence electrons. The second-order valence-corrected chi connectivity index (χ2v) is 4.24. The molecule has 0 bridgehead atoms. The number of halogens is 1. The molecule has 0 saturated heterocycles. The SMILES string of the molecule is O=C(O)[C@@H]1CSC(c2c(O)cccc2F)=N1. The molecule has 0 saturated carbocycles. The molecule has 1 aromatic rings. The van der Waals surface area contributed by atoms with Crippen molar-refractivity contribution in [2.75, 3.05) is 5.75 Å². The summed E-state index contributed by atoms with van der Waals surface area (Å²) in [6.07, 6.45) is 0. The maximum atomic E-state index is 13.4. The number of rotatable bonds is 2. The van der Waals surface area contributed by atoms with E-state index < -0.39 is 17.8 Å². The fourth-order valence-corrected chi connectivity index (χ4v) is 2.44. The Balaban J connectivity index is 2.39. The Morgan fingerprint density at radius 2 is 2.31 bits per heavy atom. The molecule has 16 heavy (non-hydrogen) atoms. The van der Waals surface area contributed by atoms with Crippen molar-refractivity contribution in [1.82, 2.24) is 0 Å². The Bertz CT molecular complexity index is 455. The number of phenolic OH excluding ortho intramolecular Hbond substituents is 1. The molecule has 1 heterocycles. The summed E-state index contributed by atoms with van der Waals surface area (Å²) in [5.74, 6) is -1.61. The van der Waals surface area contributed by atoms with E-state index in [9.17, 15) is 14.3 Å². The average molecular weight is 241 g/mol.